The van der Waals surface area contributed by atoms with Crippen LogP contribution in [0.5, 0.6) is 0 Å². The smallest absolute Gasteiger partial charge is 0.261 e. The largest absolute Gasteiger partial charge is 0.389 e. The molecule has 3 nitrogen and oxygen atoms in total. The first kappa shape index (κ1) is 15.6. The average molecular weight is 367 g/mol. The molecular formula is C15H12BrFN2OS. The van der Waals surface area contributed by atoms with Crippen molar-refractivity contribution >= 4 is 44.7 Å². The summed E-state index contributed by atoms with van der Waals surface area (Å²) in [5, 5.41) is 0. The van der Waals surface area contributed by atoms with Crippen LogP contribution in [0.3, 0.4) is 0 Å². The Morgan fingerprint density at radius 3 is 2.43 bits per heavy atom. The maximum absolute atomic E-state index is 14.0. The van der Waals surface area contributed by atoms with Gasteiger partial charge in [0.15, 0.2) is 0 Å². The molecule has 0 aliphatic rings. The zero-order valence-electron chi connectivity index (χ0n) is 11.1. The fourth-order valence-corrected chi connectivity index (χ4v) is 2.32. The third-order valence-electron chi connectivity index (χ3n) is 3.03. The van der Waals surface area contributed by atoms with Gasteiger partial charge >= 0.3 is 0 Å². The summed E-state index contributed by atoms with van der Waals surface area (Å²) in [4.78, 5) is 14.0. The van der Waals surface area contributed by atoms with Gasteiger partial charge in [-0.25, -0.2) is 4.39 Å². The summed E-state index contributed by atoms with van der Waals surface area (Å²) in [6, 6.07) is 11.5. The van der Waals surface area contributed by atoms with Gasteiger partial charge in [-0.15, -0.1) is 0 Å². The Labute approximate surface area is 135 Å². The number of nitrogens with zero attached hydrogens (tertiary/aromatic N) is 1. The number of nitrogens with two attached hydrogens (primary N) is 1. The van der Waals surface area contributed by atoms with Gasteiger partial charge in [-0.2, -0.15) is 0 Å². The second kappa shape index (κ2) is 6.32. The molecule has 0 saturated carbocycles. The normalized spacial score (nSPS) is 10.2. The molecule has 0 saturated heterocycles. The van der Waals surface area contributed by atoms with Crippen LogP contribution in [0.4, 0.5) is 10.1 Å². The van der Waals surface area contributed by atoms with Gasteiger partial charge in [0.2, 0.25) is 0 Å². The Hall–Kier alpha value is -1.79. The van der Waals surface area contributed by atoms with E-state index in [1.807, 2.05) is 0 Å². The molecule has 108 valence electrons. The molecule has 2 N–H and O–H groups in total. The van der Waals surface area contributed by atoms with Gasteiger partial charge in [-0.3, -0.25) is 4.79 Å². The van der Waals surface area contributed by atoms with E-state index in [1.54, 1.807) is 43.4 Å². The number of benzene rings is 2. The molecule has 0 aromatic heterocycles. The van der Waals surface area contributed by atoms with Crippen molar-refractivity contribution in [1.82, 2.24) is 0 Å². The maximum atomic E-state index is 14.0. The second-order valence-corrected chi connectivity index (χ2v) is 5.67. The Morgan fingerprint density at radius 2 is 1.86 bits per heavy atom. The van der Waals surface area contributed by atoms with Gasteiger partial charge in [0.05, 0.1) is 10.0 Å². The van der Waals surface area contributed by atoms with E-state index >= 15 is 0 Å². The molecule has 0 fully saturated rings. The first-order valence-electron chi connectivity index (χ1n) is 6.03. The van der Waals surface area contributed by atoms with Crippen molar-refractivity contribution < 1.29 is 9.18 Å². The van der Waals surface area contributed by atoms with Crippen LogP contribution in [0, 0.1) is 5.82 Å². The van der Waals surface area contributed by atoms with E-state index in [2.05, 4.69) is 15.9 Å². The Bertz CT molecular complexity index is 703. The van der Waals surface area contributed by atoms with Crippen LogP contribution in [0.15, 0.2) is 46.9 Å². The Balaban J connectivity index is 2.30. The highest BCUT2D eigenvalue weighted by atomic mass is 79.9. The third kappa shape index (κ3) is 3.28. The zero-order valence-corrected chi connectivity index (χ0v) is 13.5. The molecule has 0 bridgehead atoms. The van der Waals surface area contributed by atoms with Crippen LogP contribution in [-0.4, -0.2) is 17.9 Å². The minimum atomic E-state index is -0.575. The van der Waals surface area contributed by atoms with E-state index in [0.717, 1.165) is 0 Å². The maximum Gasteiger partial charge on any atom is 0.261 e. The van der Waals surface area contributed by atoms with Gasteiger partial charge in [-0.05, 0) is 52.3 Å². The van der Waals surface area contributed by atoms with E-state index in [0.29, 0.717) is 11.3 Å². The lowest BCUT2D eigenvalue weighted by atomic mass is 10.1. The molecule has 21 heavy (non-hydrogen) atoms. The number of rotatable bonds is 3. The van der Waals surface area contributed by atoms with Crippen molar-refractivity contribution in [2.75, 3.05) is 11.9 Å². The molecule has 0 aliphatic carbocycles. The van der Waals surface area contributed by atoms with Gasteiger partial charge < -0.3 is 10.6 Å². The van der Waals surface area contributed by atoms with Gasteiger partial charge in [0, 0.05) is 18.3 Å². The van der Waals surface area contributed by atoms with Crippen molar-refractivity contribution in [3.05, 3.63) is 63.9 Å². The monoisotopic (exact) mass is 366 g/mol. The lowest BCUT2D eigenvalue weighted by molar-refractivity contribution is 0.0989. The lowest BCUT2D eigenvalue weighted by Crippen LogP contribution is -2.27. The van der Waals surface area contributed by atoms with Crippen LogP contribution in [-0.2, 0) is 0 Å². The number of hydrogen-bond acceptors (Lipinski definition) is 2. The predicted octanol–water partition coefficient (Wildman–Crippen LogP) is 3.50. The van der Waals surface area contributed by atoms with Crippen LogP contribution in [0.2, 0.25) is 0 Å². The highest BCUT2D eigenvalue weighted by Crippen LogP contribution is 2.22. The van der Waals surface area contributed by atoms with Gasteiger partial charge in [0.25, 0.3) is 5.91 Å². The molecule has 2 aromatic carbocycles. The van der Waals surface area contributed by atoms with Crippen molar-refractivity contribution in [3.8, 4) is 0 Å². The first-order chi connectivity index (χ1) is 9.91. The van der Waals surface area contributed by atoms with Crippen LogP contribution < -0.4 is 10.6 Å². The summed E-state index contributed by atoms with van der Waals surface area (Å²) in [7, 11) is 1.58. The van der Waals surface area contributed by atoms with Crippen molar-refractivity contribution in [1.29, 1.82) is 0 Å². The Kier molecular flexibility index (Phi) is 4.69. The quantitative estimate of drug-likeness (QED) is 0.845. The molecule has 6 heteroatoms. The predicted molar refractivity (Wildman–Crippen MR) is 89.2 cm³/mol. The lowest BCUT2D eigenvalue weighted by Gasteiger charge is -2.18. The first-order valence-corrected chi connectivity index (χ1v) is 7.24. The number of hydrogen-bond donors (Lipinski definition) is 1. The minimum Gasteiger partial charge on any atom is -0.389 e. The van der Waals surface area contributed by atoms with Gasteiger partial charge in [0.1, 0.15) is 10.8 Å². The molecule has 0 radical (unpaired) electrons. The van der Waals surface area contributed by atoms with Crippen LogP contribution in [0.1, 0.15) is 15.9 Å². The highest BCUT2D eigenvalue weighted by Gasteiger charge is 2.18. The van der Waals surface area contributed by atoms with Gasteiger partial charge in [-0.1, -0.05) is 18.3 Å². The number of carbonyl (C=O) groups excluding carboxylic acids is 1. The summed E-state index contributed by atoms with van der Waals surface area (Å²) in [6.07, 6.45) is 0. The van der Waals surface area contributed by atoms with Crippen LogP contribution in [0.25, 0.3) is 0 Å². The number of carbonyl (C=O) groups is 1. The zero-order chi connectivity index (χ0) is 15.6. The standard InChI is InChI=1S/C15H12BrFN2OS/c1-19(10-7-5-9(6-8-10)14(18)21)15(20)11-3-2-4-12(16)13(11)17/h2-8H,1H3,(H2,18,21). The van der Waals surface area contributed by atoms with E-state index in [4.69, 9.17) is 18.0 Å². The molecule has 0 spiro atoms. The summed E-state index contributed by atoms with van der Waals surface area (Å²) in [5.74, 6) is -1.01. The molecule has 2 aromatic rings. The van der Waals surface area contributed by atoms with E-state index in [9.17, 15) is 9.18 Å². The van der Waals surface area contributed by atoms with E-state index in [1.165, 1.54) is 11.0 Å². The SMILES string of the molecule is CN(C(=O)c1cccc(Br)c1F)c1ccc(C(N)=S)cc1. The summed E-state index contributed by atoms with van der Waals surface area (Å²) < 4.78 is 14.2. The number of thiocarbonyl (C=S) groups is 1. The number of amides is 1. The second-order valence-electron chi connectivity index (χ2n) is 4.38. The molecule has 0 atom stereocenters. The summed E-state index contributed by atoms with van der Waals surface area (Å²) in [6.45, 7) is 0. The molecule has 1 amide bonds. The molecule has 0 heterocycles. The molecule has 0 aliphatic heterocycles. The van der Waals surface area contributed by atoms with Crippen LogP contribution >= 0.6 is 28.1 Å². The van der Waals surface area contributed by atoms with E-state index in [-0.39, 0.29) is 15.0 Å². The molecule has 2 rings (SSSR count). The number of anilines is 1. The third-order valence-corrected chi connectivity index (χ3v) is 3.87. The number of halogens is 2. The van der Waals surface area contributed by atoms with Crippen molar-refractivity contribution in [2.24, 2.45) is 5.73 Å². The fraction of sp³-hybridized carbons (Fsp3) is 0.0667. The van der Waals surface area contributed by atoms with Crippen molar-refractivity contribution in [3.63, 3.8) is 0 Å². The molecular weight excluding hydrogens is 355 g/mol. The fourth-order valence-electron chi connectivity index (χ4n) is 1.82. The topological polar surface area (TPSA) is 46.3 Å². The van der Waals surface area contributed by atoms with Crippen molar-refractivity contribution in [2.45, 2.75) is 0 Å². The average Bonchev–Trinajstić information content (AvgIpc) is 2.48. The summed E-state index contributed by atoms with van der Waals surface area (Å²) in [5.41, 5.74) is 6.86. The van der Waals surface area contributed by atoms with E-state index < -0.39 is 11.7 Å². The minimum absolute atomic E-state index is 0.00490. The summed E-state index contributed by atoms with van der Waals surface area (Å²) >= 11 is 7.94. The highest BCUT2D eigenvalue weighted by molar-refractivity contribution is 9.10. The Morgan fingerprint density at radius 1 is 1.24 bits per heavy atom. The molecule has 0 unspecified atom stereocenters.